The summed E-state index contributed by atoms with van der Waals surface area (Å²) in [5.41, 5.74) is 0.00230. The first-order chi connectivity index (χ1) is 9.79. The van der Waals surface area contributed by atoms with Gasteiger partial charge in [0.1, 0.15) is 11.5 Å². The number of aromatic carboxylic acids is 1. The summed E-state index contributed by atoms with van der Waals surface area (Å²) >= 11 is 3.08. The molecule has 8 heteroatoms. The second-order valence-corrected chi connectivity index (χ2v) is 6.88. The second kappa shape index (κ2) is 6.00. The lowest BCUT2D eigenvalue weighted by molar-refractivity contribution is 0.0696. The molecular weight excluding hydrogens is 362 g/mol. The van der Waals surface area contributed by atoms with Crippen LogP contribution >= 0.6 is 15.9 Å². The SMILES string of the molecule is Cc1ccc(CNS(=O)(=O)c2ccc(C(=O)O)cc2Br)o1. The van der Waals surface area contributed by atoms with Crippen molar-refractivity contribution in [1.82, 2.24) is 4.72 Å². The van der Waals surface area contributed by atoms with Gasteiger partial charge in [-0.3, -0.25) is 0 Å². The van der Waals surface area contributed by atoms with Crippen molar-refractivity contribution in [3.63, 3.8) is 0 Å². The molecule has 0 saturated carbocycles. The summed E-state index contributed by atoms with van der Waals surface area (Å²) in [4.78, 5) is 10.8. The van der Waals surface area contributed by atoms with E-state index in [-0.39, 0.29) is 21.5 Å². The zero-order chi connectivity index (χ0) is 15.6. The van der Waals surface area contributed by atoms with Crippen LogP contribution < -0.4 is 4.72 Å². The number of carboxylic acid groups (broad SMARTS) is 1. The summed E-state index contributed by atoms with van der Waals surface area (Å²) in [5, 5.41) is 8.86. The molecule has 112 valence electrons. The van der Waals surface area contributed by atoms with Gasteiger partial charge in [-0.05, 0) is 53.2 Å². The van der Waals surface area contributed by atoms with E-state index in [0.717, 1.165) is 0 Å². The highest BCUT2D eigenvalue weighted by Crippen LogP contribution is 2.23. The lowest BCUT2D eigenvalue weighted by atomic mass is 10.2. The van der Waals surface area contributed by atoms with E-state index in [4.69, 9.17) is 9.52 Å². The summed E-state index contributed by atoms with van der Waals surface area (Å²) < 4.78 is 32.2. The van der Waals surface area contributed by atoms with Crippen LogP contribution in [0.5, 0.6) is 0 Å². The molecule has 0 spiro atoms. The van der Waals surface area contributed by atoms with Gasteiger partial charge in [0.05, 0.1) is 17.0 Å². The van der Waals surface area contributed by atoms with Crippen molar-refractivity contribution >= 4 is 31.9 Å². The molecule has 2 rings (SSSR count). The summed E-state index contributed by atoms with van der Waals surface area (Å²) in [6.45, 7) is 1.78. The molecule has 0 fully saturated rings. The predicted molar refractivity (Wildman–Crippen MR) is 78.6 cm³/mol. The van der Waals surface area contributed by atoms with Crippen LogP contribution in [0.1, 0.15) is 21.9 Å². The van der Waals surface area contributed by atoms with Gasteiger partial charge in [-0.1, -0.05) is 0 Å². The van der Waals surface area contributed by atoms with Gasteiger partial charge in [-0.25, -0.2) is 17.9 Å². The molecule has 1 heterocycles. The highest BCUT2D eigenvalue weighted by Gasteiger charge is 2.19. The molecule has 2 N–H and O–H groups in total. The van der Waals surface area contributed by atoms with Crippen molar-refractivity contribution < 1.29 is 22.7 Å². The molecule has 0 unspecified atom stereocenters. The van der Waals surface area contributed by atoms with Crippen LogP contribution in [0.15, 0.2) is 44.1 Å². The largest absolute Gasteiger partial charge is 0.478 e. The summed E-state index contributed by atoms with van der Waals surface area (Å²) in [6.07, 6.45) is 0. The minimum atomic E-state index is -3.77. The zero-order valence-corrected chi connectivity index (χ0v) is 13.4. The average Bonchev–Trinajstić information content (AvgIpc) is 2.82. The predicted octanol–water partition coefficient (Wildman–Crippen LogP) is 2.53. The Bertz CT molecular complexity index is 782. The third-order valence-electron chi connectivity index (χ3n) is 2.70. The van der Waals surface area contributed by atoms with E-state index in [2.05, 4.69) is 20.7 Å². The number of carboxylic acids is 1. The van der Waals surface area contributed by atoms with Gasteiger partial charge in [0.2, 0.25) is 10.0 Å². The summed E-state index contributed by atoms with van der Waals surface area (Å²) in [6, 6.07) is 7.14. The molecule has 0 atom stereocenters. The first kappa shape index (κ1) is 15.7. The number of sulfonamides is 1. The number of benzene rings is 1. The van der Waals surface area contributed by atoms with E-state index in [0.29, 0.717) is 11.5 Å². The second-order valence-electron chi connectivity index (χ2n) is 4.29. The van der Waals surface area contributed by atoms with Crippen molar-refractivity contribution in [1.29, 1.82) is 0 Å². The number of carbonyl (C=O) groups is 1. The normalized spacial score (nSPS) is 11.5. The minimum absolute atomic E-state index is 0.00230. The van der Waals surface area contributed by atoms with Crippen molar-refractivity contribution in [2.24, 2.45) is 0 Å². The van der Waals surface area contributed by atoms with Gasteiger partial charge in [0.25, 0.3) is 0 Å². The van der Waals surface area contributed by atoms with E-state index in [1.54, 1.807) is 19.1 Å². The molecule has 1 aromatic heterocycles. The van der Waals surface area contributed by atoms with Crippen LogP contribution in [0.2, 0.25) is 0 Å². The summed E-state index contributed by atoms with van der Waals surface area (Å²) in [7, 11) is -3.77. The van der Waals surface area contributed by atoms with Crippen molar-refractivity contribution in [3.8, 4) is 0 Å². The van der Waals surface area contributed by atoms with Crippen molar-refractivity contribution in [3.05, 3.63) is 51.9 Å². The van der Waals surface area contributed by atoms with E-state index in [1.807, 2.05) is 0 Å². The third kappa shape index (κ3) is 3.72. The Morgan fingerprint density at radius 2 is 2.05 bits per heavy atom. The molecule has 0 bridgehead atoms. The number of hydrogen-bond donors (Lipinski definition) is 2. The van der Waals surface area contributed by atoms with Crippen LogP contribution in [0.3, 0.4) is 0 Å². The number of furan rings is 1. The zero-order valence-electron chi connectivity index (χ0n) is 11.0. The fourth-order valence-corrected chi connectivity index (χ4v) is 3.74. The van der Waals surface area contributed by atoms with Gasteiger partial charge in [-0.2, -0.15) is 0 Å². The smallest absolute Gasteiger partial charge is 0.335 e. The third-order valence-corrected chi connectivity index (χ3v) is 5.08. The maximum Gasteiger partial charge on any atom is 0.335 e. The molecule has 0 aliphatic heterocycles. The Morgan fingerprint density at radius 3 is 2.57 bits per heavy atom. The molecule has 1 aromatic carbocycles. The molecule has 21 heavy (non-hydrogen) atoms. The average molecular weight is 374 g/mol. The maximum atomic E-state index is 12.2. The van der Waals surface area contributed by atoms with Gasteiger partial charge < -0.3 is 9.52 Å². The van der Waals surface area contributed by atoms with Crippen LogP contribution in [0, 0.1) is 6.92 Å². The molecule has 0 aliphatic rings. The first-order valence-corrected chi connectivity index (χ1v) is 8.15. The van der Waals surface area contributed by atoms with Crippen LogP contribution in [-0.2, 0) is 16.6 Å². The number of hydrogen-bond acceptors (Lipinski definition) is 4. The Balaban J connectivity index is 2.21. The van der Waals surface area contributed by atoms with Crippen molar-refractivity contribution in [2.45, 2.75) is 18.4 Å². The first-order valence-electron chi connectivity index (χ1n) is 5.87. The standard InChI is InChI=1S/C13H12BrNO5S/c1-8-2-4-10(20-8)7-15-21(18,19)12-5-3-9(13(16)17)6-11(12)14/h2-6,15H,7H2,1H3,(H,16,17). The van der Waals surface area contributed by atoms with E-state index >= 15 is 0 Å². The van der Waals surface area contributed by atoms with E-state index in [1.165, 1.54) is 18.2 Å². The quantitative estimate of drug-likeness (QED) is 0.839. The van der Waals surface area contributed by atoms with Gasteiger partial charge in [-0.15, -0.1) is 0 Å². The fraction of sp³-hybridized carbons (Fsp3) is 0.154. The maximum absolute atomic E-state index is 12.2. The highest BCUT2D eigenvalue weighted by molar-refractivity contribution is 9.10. The molecule has 6 nitrogen and oxygen atoms in total. The molecular formula is C13H12BrNO5S. The van der Waals surface area contributed by atoms with Gasteiger partial charge >= 0.3 is 5.97 Å². The lowest BCUT2D eigenvalue weighted by Crippen LogP contribution is -2.23. The number of nitrogens with one attached hydrogen (secondary N) is 1. The van der Waals surface area contributed by atoms with Gasteiger partial charge in [0, 0.05) is 4.47 Å². The number of rotatable bonds is 5. The highest BCUT2D eigenvalue weighted by atomic mass is 79.9. The lowest BCUT2D eigenvalue weighted by Gasteiger charge is -2.08. The Morgan fingerprint density at radius 1 is 1.33 bits per heavy atom. The van der Waals surface area contributed by atoms with Crippen LogP contribution in [-0.4, -0.2) is 19.5 Å². The molecule has 0 amide bonds. The minimum Gasteiger partial charge on any atom is -0.478 e. The molecule has 2 aromatic rings. The van der Waals surface area contributed by atoms with Crippen molar-refractivity contribution in [2.75, 3.05) is 0 Å². The molecule has 0 radical (unpaired) electrons. The Kier molecular flexibility index (Phi) is 4.50. The van der Waals surface area contributed by atoms with Crippen LogP contribution in [0.4, 0.5) is 0 Å². The van der Waals surface area contributed by atoms with E-state index < -0.39 is 16.0 Å². The Hall–Kier alpha value is -1.64. The van der Waals surface area contributed by atoms with Gasteiger partial charge in [0.15, 0.2) is 0 Å². The van der Waals surface area contributed by atoms with Crippen LogP contribution in [0.25, 0.3) is 0 Å². The topological polar surface area (TPSA) is 96.6 Å². The molecule has 0 saturated heterocycles. The van der Waals surface area contributed by atoms with E-state index in [9.17, 15) is 13.2 Å². The number of aryl methyl sites for hydroxylation is 1. The Labute approximate surface area is 130 Å². The number of halogens is 1. The fourth-order valence-electron chi connectivity index (χ4n) is 1.68. The monoisotopic (exact) mass is 373 g/mol. The summed E-state index contributed by atoms with van der Waals surface area (Å²) in [5.74, 6) is 0.0595. The molecule has 0 aliphatic carbocycles.